The van der Waals surface area contributed by atoms with Gasteiger partial charge in [0.15, 0.2) is 0 Å². The molecule has 1 aromatic heterocycles. The lowest BCUT2D eigenvalue weighted by atomic mass is 10.1. The number of carbonyl (C=O) groups excluding carboxylic acids is 1. The Balaban J connectivity index is 1.55. The topological polar surface area (TPSA) is 57.7 Å². The number of pyridine rings is 1. The minimum Gasteiger partial charge on any atom is -0.383 e. The summed E-state index contributed by atoms with van der Waals surface area (Å²) in [5, 5.41) is 3.81. The van der Waals surface area contributed by atoms with Crippen molar-refractivity contribution in [2.75, 3.05) is 49.7 Å². The van der Waals surface area contributed by atoms with Crippen molar-refractivity contribution in [2.24, 2.45) is 0 Å². The number of aromatic nitrogens is 1. The molecule has 4 rings (SSSR count). The molecule has 3 aromatic rings. The number of piperazine rings is 1. The number of anilines is 2. The van der Waals surface area contributed by atoms with Gasteiger partial charge in [-0.05, 0) is 36.8 Å². The Labute approximate surface area is 202 Å². The first kappa shape index (κ1) is 24.8. The summed E-state index contributed by atoms with van der Waals surface area (Å²) in [6, 6.07) is 14.6. The van der Waals surface area contributed by atoms with Crippen molar-refractivity contribution in [3.63, 3.8) is 0 Å². The molecule has 1 amide bonds. The quantitative estimate of drug-likeness (QED) is 0.523. The highest BCUT2D eigenvalue weighted by molar-refractivity contribution is 6.07. The molecule has 0 aliphatic carbocycles. The molecule has 1 fully saturated rings. The van der Waals surface area contributed by atoms with Gasteiger partial charge in [-0.15, -0.1) is 0 Å². The number of rotatable bonds is 7. The summed E-state index contributed by atoms with van der Waals surface area (Å²) < 4.78 is 44.6. The van der Waals surface area contributed by atoms with Crippen LogP contribution in [0.25, 0.3) is 10.9 Å². The average Bonchev–Trinajstić information content (AvgIpc) is 2.87. The van der Waals surface area contributed by atoms with Crippen molar-refractivity contribution in [1.82, 2.24) is 10.3 Å². The molecule has 2 aromatic carbocycles. The van der Waals surface area contributed by atoms with E-state index in [-0.39, 0.29) is 11.9 Å². The average molecular weight is 487 g/mol. The number of hydrogen-bond donors (Lipinski definition) is 1. The second kappa shape index (κ2) is 10.5. The van der Waals surface area contributed by atoms with Crippen molar-refractivity contribution in [3.8, 4) is 0 Å². The summed E-state index contributed by atoms with van der Waals surface area (Å²) in [5.74, 6) is 0.494. The smallest absolute Gasteiger partial charge is 0.383 e. The highest BCUT2D eigenvalue weighted by Crippen LogP contribution is 2.32. The predicted molar refractivity (Wildman–Crippen MR) is 131 cm³/mol. The Hall–Kier alpha value is -3.33. The maximum absolute atomic E-state index is 13.2. The minimum absolute atomic E-state index is 0.0983. The van der Waals surface area contributed by atoms with E-state index in [1.807, 2.05) is 36.1 Å². The van der Waals surface area contributed by atoms with E-state index in [4.69, 9.17) is 9.72 Å². The number of ether oxygens (including phenoxy) is 1. The van der Waals surface area contributed by atoms with Crippen LogP contribution in [0.5, 0.6) is 0 Å². The molecule has 6 nitrogen and oxygen atoms in total. The number of hydrogen-bond acceptors (Lipinski definition) is 5. The zero-order valence-electron chi connectivity index (χ0n) is 19.8. The summed E-state index contributed by atoms with van der Waals surface area (Å²) in [6.45, 7) is 4.65. The molecule has 1 aliphatic rings. The number of fused-ring (bicyclic) bond motifs is 1. The Morgan fingerprint density at radius 3 is 2.46 bits per heavy atom. The fraction of sp³-hybridized carbons (Fsp3) is 0.385. The Kier molecular flexibility index (Phi) is 7.45. The molecule has 9 heteroatoms. The van der Waals surface area contributed by atoms with E-state index in [1.165, 1.54) is 12.1 Å². The van der Waals surface area contributed by atoms with Gasteiger partial charge in [-0.3, -0.25) is 4.79 Å². The fourth-order valence-electron chi connectivity index (χ4n) is 4.31. The third-order valence-corrected chi connectivity index (χ3v) is 6.29. The Morgan fingerprint density at radius 2 is 1.77 bits per heavy atom. The van der Waals surface area contributed by atoms with Crippen LogP contribution in [0, 0.1) is 0 Å². The summed E-state index contributed by atoms with van der Waals surface area (Å²) in [5.41, 5.74) is 1.16. The second-order valence-electron chi connectivity index (χ2n) is 8.60. The van der Waals surface area contributed by atoms with Gasteiger partial charge in [0.05, 0.1) is 29.3 Å². The van der Waals surface area contributed by atoms with E-state index in [0.29, 0.717) is 49.9 Å². The number of benzene rings is 2. The molecule has 0 spiro atoms. The molecule has 0 bridgehead atoms. The van der Waals surface area contributed by atoms with Gasteiger partial charge in [0.25, 0.3) is 5.91 Å². The maximum atomic E-state index is 13.2. The molecular formula is C26H29F3N4O2. The van der Waals surface area contributed by atoms with Crippen LogP contribution in [-0.4, -0.2) is 56.8 Å². The van der Waals surface area contributed by atoms with Crippen LogP contribution in [0.2, 0.25) is 0 Å². The van der Waals surface area contributed by atoms with E-state index in [2.05, 4.69) is 10.2 Å². The molecule has 0 radical (unpaired) electrons. The number of halogens is 3. The van der Waals surface area contributed by atoms with E-state index in [1.54, 1.807) is 19.2 Å². The fourth-order valence-corrected chi connectivity index (χ4v) is 4.31. The largest absolute Gasteiger partial charge is 0.416 e. The van der Waals surface area contributed by atoms with Crippen LogP contribution in [0.3, 0.4) is 0 Å². The van der Waals surface area contributed by atoms with Crippen LogP contribution < -0.4 is 15.1 Å². The lowest BCUT2D eigenvalue weighted by molar-refractivity contribution is -0.137. The monoisotopic (exact) mass is 486 g/mol. The maximum Gasteiger partial charge on any atom is 0.416 e. The molecule has 186 valence electrons. The molecule has 35 heavy (non-hydrogen) atoms. The van der Waals surface area contributed by atoms with Gasteiger partial charge in [-0.1, -0.05) is 31.2 Å². The first-order valence-corrected chi connectivity index (χ1v) is 11.7. The molecule has 0 saturated carbocycles. The number of nitrogens with one attached hydrogen (secondary N) is 1. The van der Waals surface area contributed by atoms with Crippen LogP contribution in [0.4, 0.5) is 24.7 Å². The van der Waals surface area contributed by atoms with E-state index >= 15 is 0 Å². The summed E-state index contributed by atoms with van der Waals surface area (Å²) >= 11 is 0. The van der Waals surface area contributed by atoms with Crippen LogP contribution in [0.15, 0.2) is 54.6 Å². The number of nitrogens with zero attached hydrogens (tertiary/aromatic N) is 3. The molecule has 1 saturated heterocycles. The van der Waals surface area contributed by atoms with E-state index in [9.17, 15) is 18.0 Å². The second-order valence-corrected chi connectivity index (χ2v) is 8.60. The summed E-state index contributed by atoms with van der Waals surface area (Å²) in [6.07, 6.45) is -3.63. The van der Waals surface area contributed by atoms with Crippen LogP contribution in [0.1, 0.15) is 29.3 Å². The first-order chi connectivity index (χ1) is 16.8. The third-order valence-electron chi connectivity index (χ3n) is 6.29. The third kappa shape index (κ3) is 5.67. The van der Waals surface area contributed by atoms with Gasteiger partial charge in [0, 0.05) is 44.4 Å². The minimum atomic E-state index is -4.37. The lowest BCUT2D eigenvalue weighted by Gasteiger charge is -2.37. The zero-order chi connectivity index (χ0) is 25.0. The van der Waals surface area contributed by atoms with Crippen molar-refractivity contribution < 1.29 is 22.7 Å². The molecule has 1 aliphatic heterocycles. The van der Waals surface area contributed by atoms with E-state index < -0.39 is 11.7 Å². The standard InChI is InChI=1S/C26H29F3N4O2/c1-3-19(17-35-2)30-25(34)22-16-24(31-23-10-5-4-9-21(22)23)33-13-11-32(12-14-33)20-8-6-7-18(15-20)26(27,28)29/h4-10,15-16,19H,3,11-14,17H2,1-2H3,(H,30,34)/t19-/m0/s1. The molecule has 0 unspecified atom stereocenters. The number of amides is 1. The van der Waals surface area contributed by atoms with Gasteiger partial charge in [-0.2, -0.15) is 13.2 Å². The molecule has 1 N–H and O–H groups in total. The molecule has 2 heterocycles. The van der Waals surface area contributed by atoms with Crippen molar-refractivity contribution >= 4 is 28.3 Å². The van der Waals surface area contributed by atoms with Gasteiger partial charge >= 0.3 is 6.18 Å². The molecular weight excluding hydrogens is 457 g/mol. The number of alkyl halides is 3. The Morgan fingerprint density at radius 1 is 1.06 bits per heavy atom. The number of carbonyl (C=O) groups is 1. The van der Waals surface area contributed by atoms with Gasteiger partial charge in [-0.25, -0.2) is 4.98 Å². The van der Waals surface area contributed by atoms with Crippen molar-refractivity contribution in [2.45, 2.75) is 25.6 Å². The highest BCUT2D eigenvalue weighted by atomic mass is 19.4. The highest BCUT2D eigenvalue weighted by Gasteiger charge is 2.31. The van der Waals surface area contributed by atoms with Crippen molar-refractivity contribution in [1.29, 1.82) is 0 Å². The summed E-state index contributed by atoms with van der Waals surface area (Å²) in [7, 11) is 1.60. The van der Waals surface area contributed by atoms with E-state index in [0.717, 1.165) is 23.4 Å². The summed E-state index contributed by atoms with van der Waals surface area (Å²) in [4.78, 5) is 22.0. The van der Waals surface area contributed by atoms with Crippen LogP contribution >= 0.6 is 0 Å². The SMILES string of the molecule is CC[C@@H](COC)NC(=O)c1cc(N2CCN(c3cccc(C(F)(F)F)c3)CC2)nc2ccccc12. The normalized spacial score (nSPS) is 15.3. The first-order valence-electron chi connectivity index (χ1n) is 11.7. The van der Waals surface area contributed by atoms with Gasteiger partial charge < -0.3 is 19.9 Å². The predicted octanol–water partition coefficient (Wildman–Crippen LogP) is 4.74. The van der Waals surface area contributed by atoms with Crippen molar-refractivity contribution in [3.05, 3.63) is 65.7 Å². The van der Waals surface area contributed by atoms with Gasteiger partial charge in [0.1, 0.15) is 5.82 Å². The Bertz CT molecular complexity index is 1180. The van der Waals surface area contributed by atoms with Crippen LogP contribution in [-0.2, 0) is 10.9 Å². The number of methoxy groups -OCH3 is 1. The zero-order valence-corrected chi connectivity index (χ0v) is 19.8. The molecule has 1 atom stereocenters. The number of para-hydroxylation sites is 1. The lowest BCUT2D eigenvalue weighted by Crippen LogP contribution is -2.47. The van der Waals surface area contributed by atoms with Gasteiger partial charge in [0.2, 0.25) is 0 Å².